The van der Waals surface area contributed by atoms with Gasteiger partial charge in [0, 0.05) is 36.0 Å². The SMILES string of the molecule is CC(C)[C@H]1CCN(I)C1. The Labute approximate surface area is 71.3 Å². The van der Waals surface area contributed by atoms with Gasteiger partial charge >= 0.3 is 0 Å². The molecular formula is C7H14IN. The first kappa shape index (κ1) is 7.79. The van der Waals surface area contributed by atoms with E-state index in [0.29, 0.717) is 0 Å². The van der Waals surface area contributed by atoms with E-state index >= 15 is 0 Å². The van der Waals surface area contributed by atoms with E-state index in [4.69, 9.17) is 0 Å². The predicted molar refractivity (Wildman–Crippen MR) is 48.5 cm³/mol. The molecule has 0 unspecified atom stereocenters. The molecule has 1 rings (SSSR count). The quantitative estimate of drug-likeness (QED) is 0.501. The highest BCUT2D eigenvalue weighted by Gasteiger charge is 2.22. The van der Waals surface area contributed by atoms with Gasteiger partial charge < -0.3 is 0 Å². The van der Waals surface area contributed by atoms with E-state index in [0.717, 1.165) is 11.8 Å². The van der Waals surface area contributed by atoms with Crippen LogP contribution in [0.3, 0.4) is 0 Å². The monoisotopic (exact) mass is 239 g/mol. The summed E-state index contributed by atoms with van der Waals surface area (Å²) in [4.78, 5) is 0. The first-order valence-electron chi connectivity index (χ1n) is 3.61. The molecule has 0 spiro atoms. The van der Waals surface area contributed by atoms with Crippen LogP contribution in [0.2, 0.25) is 0 Å². The van der Waals surface area contributed by atoms with Crippen molar-refractivity contribution in [1.29, 1.82) is 0 Å². The lowest BCUT2D eigenvalue weighted by Gasteiger charge is -2.12. The molecule has 1 saturated heterocycles. The molecule has 1 atom stereocenters. The molecule has 54 valence electrons. The van der Waals surface area contributed by atoms with Crippen molar-refractivity contribution in [3.63, 3.8) is 0 Å². The molecule has 1 aliphatic rings. The van der Waals surface area contributed by atoms with Gasteiger partial charge in [-0.25, -0.2) is 3.11 Å². The molecule has 0 aliphatic carbocycles. The predicted octanol–water partition coefficient (Wildman–Crippen LogP) is 2.31. The van der Waals surface area contributed by atoms with Gasteiger partial charge in [0.05, 0.1) is 0 Å². The lowest BCUT2D eigenvalue weighted by Crippen LogP contribution is -2.11. The third-order valence-electron chi connectivity index (χ3n) is 2.12. The van der Waals surface area contributed by atoms with Gasteiger partial charge in [-0.3, -0.25) is 0 Å². The maximum absolute atomic E-state index is 2.41. The van der Waals surface area contributed by atoms with Gasteiger partial charge in [-0.1, -0.05) is 13.8 Å². The van der Waals surface area contributed by atoms with Crippen molar-refractivity contribution in [2.75, 3.05) is 13.1 Å². The molecule has 9 heavy (non-hydrogen) atoms. The van der Waals surface area contributed by atoms with Crippen LogP contribution in [0.1, 0.15) is 20.3 Å². The topological polar surface area (TPSA) is 3.24 Å². The molecule has 0 saturated carbocycles. The Morgan fingerprint density at radius 2 is 2.22 bits per heavy atom. The molecule has 0 aromatic carbocycles. The molecule has 0 aromatic rings. The summed E-state index contributed by atoms with van der Waals surface area (Å²) in [5, 5.41) is 0. The molecule has 1 fully saturated rings. The fraction of sp³-hybridized carbons (Fsp3) is 1.00. The van der Waals surface area contributed by atoms with E-state index in [9.17, 15) is 0 Å². The van der Waals surface area contributed by atoms with Gasteiger partial charge in [-0.15, -0.1) is 0 Å². The zero-order chi connectivity index (χ0) is 6.85. The van der Waals surface area contributed by atoms with Crippen LogP contribution in [0, 0.1) is 11.8 Å². The Kier molecular flexibility index (Phi) is 2.76. The molecule has 1 nitrogen and oxygen atoms in total. The zero-order valence-electron chi connectivity index (χ0n) is 6.10. The first-order chi connectivity index (χ1) is 4.20. The second-order valence-electron chi connectivity index (χ2n) is 3.16. The van der Waals surface area contributed by atoms with E-state index in [1.54, 1.807) is 0 Å². The number of hydrogen-bond donors (Lipinski definition) is 0. The van der Waals surface area contributed by atoms with Crippen molar-refractivity contribution >= 4 is 22.9 Å². The van der Waals surface area contributed by atoms with Crippen molar-refractivity contribution in [2.45, 2.75) is 20.3 Å². The molecule has 0 N–H and O–H groups in total. The van der Waals surface area contributed by atoms with Crippen LogP contribution < -0.4 is 0 Å². The highest BCUT2D eigenvalue weighted by Crippen LogP contribution is 2.25. The lowest BCUT2D eigenvalue weighted by atomic mass is 9.96. The number of halogens is 1. The van der Waals surface area contributed by atoms with Gasteiger partial charge in [0.25, 0.3) is 0 Å². The van der Waals surface area contributed by atoms with Gasteiger partial charge in [-0.2, -0.15) is 0 Å². The minimum atomic E-state index is 0.879. The summed E-state index contributed by atoms with van der Waals surface area (Å²) < 4.78 is 2.39. The number of nitrogens with zero attached hydrogens (tertiary/aromatic N) is 1. The van der Waals surface area contributed by atoms with Crippen LogP contribution in [0.4, 0.5) is 0 Å². The molecule has 0 bridgehead atoms. The standard InChI is InChI=1S/C7H14IN/c1-6(2)7-3-4-9(8)5-7/h6-7H,3-5H2,1-2H3/t7-/m0/s1. The summed E-state index contributed by atoms with van der Waals surface area (Å²) in [6, 6.07) is 0. The van der Waals surface area contributed by atoms with E-state index in [-0.39, 0.29) is 0 Å². The van der Waals surface area contributed by atoms with Gasteiger partial charge in [0.15, 0.2) is 0 Å². The second kappa shape index (κ2) is 3.19. The van der Waals surface area contributed by atoms with E-state index in [1.807, 2.05) is 0 Å². The highest BCUT2D eigenvalue weighted by atomic mass is 127. The van der Waals surface area contributed by atoms with Gasteiger partial charge in [-0.05, 0) is 18.3 Å². The van der Waals surface area contributed by atoms with Crippen molar-refractivity contribution < 1.29 is 0 Å². The molecular weight excluding hydrogens is 225 g/mol. The van der Waals surface area contributed by atoms with Gasteiger partial charge in [0.2, 0.25) is 0 Å². The Morgan fingerprint density at radius 1 is 1.56 bits per heavy atom. The van der Waals surface area contributed by atoms with Crippen LogP contribution in [0.5, 0.6) is 0 Å². The minimum Gasteiger partial charge on any atom is -0.247 e. The van der Waals surface area contributed by atoms with Crippen LogP contribution in [-0.4, -0.2) is 16.2 Å². The average Bonchev–Trinajstić information content (AvgIpc) is 2.14. The summed E-state index contributed by atoms with van der Waals surface area (Å²) in [6.07, 6.45) is 1.40. The Hall–Kier alpha value is 0.690. The third kappa shape index (κ3) is 2.08. The smallest absolute Gasteiger partial charge is 0.0201 e. The van der Waals surface area contributed by atoms with Crippen LogP contribution in [0.15, 0.2) is 0 Å². The molecule has 2 heteroatoms. The van der Waals surface area contributed by atoms with E-state index < -0.39 is 0 Å². The largest absolute Gasteiger partial charge is 0.247 e. The first-order valence-corrected chi connectivity index (χ1v) is 4.57. The number of rotatable bonds is 1. The van der Waals surface area contributed by atoms with Crippen molar-refractivity contribution in [1.82, 2.24) is 3.11 Å². The second-order valence-corrected chi connectivity index (χ2v) is 4.53. The zero-order valence-corrected chi connectivity index (χ0v) is 8.26. The molecule has 0 amide bonds. The molecule has 0 aromatic heterocycles. The lowest BCUT2D eigenvalue weighted by molar-refractivity contribution is 0.406. The van der Waals surface area contributed by atoms with E-state index in [2.05, 4.69) is 39.8 Å². The normalized spacial score (nSPS) is 30.0. The fourth-order valence-electron chi connectivity index (χ4n) is 1.29. The summed E-state index contributed by atoms with van der Waals surface area (Å²) in [5.41, 5.74) is 0. The Morgan fingerprint density at radius 3 is 2.44 bits per heavy atom. The van der Waals surface area contributed by atoms with Crippen molar-refractivity contribution in [3.05, 3.63) is 0 Å². The number of hydrogen-bond acceptors (Lipinski definition) is 1. The molecule has 1 heterocycles. The Balaban J connectivity index is 2.30. The van der Waals surface area contributed by atoms with Crippen molar-refractivity contribution in [3.8, 4) is 0 Å². The van der Waals surface area contributed by atoms with Crippen LogP contribution >= 0.6 is 22.9 Å². The van der Waals surface area contributed by atoms with Crippen LogP contribution in [-0.2, 0) is 0 Å². The van der Waals surface area contributed by atoms with Crippen LogP contribution in [0.25, 0.3) is 0 Å². The summed E-state index contributed by atoms with van der Waals surface area (Å²) in [6.45, 7) is 7.24. The van der Waals surface area contributed by atoms with Crippen molar-refractivity contribution in [2.24, 2.45) is 11.8 Å². The van der Waals surface area contributed by atoms with E-state index in [1.165, 1.54) is 19.5 Å². The molecule has 1 aliphatic heterocycles. The maximum atomic E-state index is 2.41. The fourth-order valence-corrected chi connectivity index (χ4v) is 2.07. The minimum absolute atomic E-state index is 0.879. The maximum Gasteiger partial charge on any atom is 0.0201 e. The summed E-state index contributed by atoms with van der Waals surface area (Å²) >= 11 is 2.41. The summed E-state index contributed by atoms with van der Waals surface area (Å²) in [7, 11) is 0. The summed E-state index contributed by atoms with van der Waals surface area (Å²) in [5.74, 6) is 1.84. The average molecular weight is 239 g/mol. The Bertz CT molecular complexity index is 92.9. The molecule has 0 radical (unpaired) electrons. The third-order valence-corrected chi connectivity index (χ3v) is 2.99. The van der Waals surface area contributed by atoms with Gasteiger partial charge in [0.1, 0.15) is 0 Å². The highest BCUT2D eigenvalue weighted by molar-refractivity contribution is 14.1.